The number of carbonyl (C=O) groups is 1. The topological polar surface area (TPSA) is 70.1 Å². The summed E-state index contributed by atoms with van der Waals surface area (Å²) in [5, 5.41) is 12.8. The Kier molecular flexibility index (Phi) is 3.88. The van der Waals surface area contributed by atoms with Crippen molar-refractivity contribution >= 4 is 23.5 Å². The molecule has 0 saturated heterocycles. The Bertz CT molecular complexity index is 747. The van der Waals surface area contributed by atoms with Crippen LogP contribution in [0.3, 0.4) is 0 Å². The molecule has 3 aromatic rings. The summed E-state index contributed by atoms with van der Waals surface area (Å²) in [6.07, 6.45) is 3.25. The highest BCUT2D eigenvalue weighted by Gasteiger charge is 2.06. The smallest absolute Gasteiger partial charge is 0.277 e. The molecule has 1 aromatic carbocycles. The van der Waals surface area contributed by atoms with E-state index in [-0.39, 0.29) is 5.91 Å². The van der Waals surface area contributed by atoms with Crippen molar-refractivity contribution in [2.75, 3.05) is 0 Å². The molecular weight excluding hydrogens is 284 g/mol. The Labute approximate surface area is 125 Å². The fraction of sp³-hybridized carbons (Fsp3) is 0. The van der Waals surface area contributed by atoms with E-state index in [4.69, 9.17) is 0 Å². The molecule has 0 radical (unpaired) electrons. The molecule has 0 aliphatic heterocycles. The lowest BCUT2D eigenvalue weighted by atomic mass is 10.1. The number of H-pyrrole nitrogens is 1. The van der Waals surface area contributed by atoms with Crippen molar-refractivity contribution in [2.24, 2.45) is 5.10 Å². The zero-order valence-electron chi connectivity index (χ0n) is 11.0. The Morgan fingerprint density at radius 3 is 2.86 bits per heavy atom. The van der Waals surface area contributed by atoms with E-state index in [1.54, 1.807) is 18.5 Å². The van der Waals surface area contributed by atoms with E-state index < -0.39 is 0 Å². The van der Waals surface area contributed by atoms with Gasteiger partial charge in [0.2, 0.25) is 0 Å². The van der Waals surface area contributed by atoms with Gasteiger partial charge in [-0.15, -0.1) is 11.3 Å². The van der Waals surface area contributed by atoms with E-state index in [2.05, 4.69) is 20.7 Å². The number of hydrogen-bond donors (Lipinski definition) is 2. The number of hydrogen-bond acceptors (Lipinski definition) is 4. The van der Waals surface area contributed by atoms with Gasteiger partial charge in [-0.3, -0.25) is 9.89 Å². The molecule has 0 aliphatic rings. The van der Waals surface area contributed by atoms with Gasteiger partial charge in [0.1, 0.15) is 0 Å². The average molecular weight is 296 g/mol. The molecular formula is C15H12N4OS. The number of aromatic nitrogens is 2. The summed E-state index contributed by atoms with van der Waals surface area (Å²) >= 11 is 1.37. The summed E-state index contributed by atoms with van der Waals surface area (Å²) in [5.41, 5.74) is 5.19. The number of rotatable bonds is 4. The summed E-state index contributed by atoms with van der Waals surface area (Å²) in [6.45, 7) is 0. The van der Waals surface area contributed by atoms with Crippen LogP contribution in [0.5, 0.6) is 0 Å². The normalized spacial score (nSPS) is 10.9. The van der Waals surface area contributed by atoms with Gasteiger partial charge in [0, 0.05) is 11.1 Å². The van der Waals surface area contributed by atoms with Crippen LogP contribution in [0.15, 0.2) is 59.1 Å². The molecule has 0 atom stereocenters. The highest BCUT2D eigenvalue weighted by atomic mass is 32.1. The van der Waals surface area contributed by atoms with Crippen molar-refractivity contribution < 1.29 is 4.79 Å². The molecule has 0 aliphatic carbocycles. The van der Waals surface area contributed by atoms with Gasteiger partial charge in [-0.25, -0.2) is 5.43 Å². The van der Waals surface area contributed by atoms with Crippen LogP contribution in [0.25, 0.3) is 11.3 Å². The van der Waals surface area contributed by atoms with Crippen molar-refractivity contribution in [3.05, 3.63) is 64.5 Å². The Morgan fingerprint density at radius 2 is 2.10 bits per heavy atom. The summed E-state index contributed by atoms with van der Waals surface area (Å²) in [4.78, 5) is 12.4. The predicted octanol–water partition coefficient (Wildman–Crippen LogP) is 2.90. The first kappa shape index (κ1) is 13.3. The number of hydrazone groups is 1. The standard InChI is InChI=1S/C15H12N4OS/c20-15(13-7-4-8-21-13)19-17-10-12-9-16-18-14(12)11-5-2-1-3-6-11/h1-10H,(H,16,18)(H,19,20)/b17-10-. The first-order valence-electron chi connectivity index (χ1n) is 6.30. The van der Waals surface area contributed by atoms with Crippen LogP contribution in [0.2, 0.25) is 0 Å². The van der Waals surface area contributed by atoms with Crippen molar-refractivity contribution in [3.8, 4) is 11.3 Å². The van der Waals surface area contributed by atoms with Gasteiger partial charge in [0.15, 0.2) is 0 Å². The monoisotopic (exact) mass is 296 g/mol. The molecule has 104 valence electrons. The molecule has 0 bridgehead atoms. The first-order valence-corrected chi connectivity index (χ1v) is 7.18. The number of thiophene rings is 1. The summed E-state index contributed by atoms with van der Waals surface area (Å²) < 4.78 is 0. The zero-order valence-corrected chi connectivity index (χ0v) is 11.8. The van der Waals surface area contributed by atoms with Crippen molar-refractivity contribution in [2.45, 2.75) is 0 Å². The lowest BCUT2D eigenvalue weighted by Gasteiger charge is -1.99. The number of benzene rings is 1. The van der Waals surface area contributed by atoms with E-state index in [1.807, 2.05) is 41.8 Å². The quantitative estimate of drug-likeness (QED) is 0.574. The highest BCUT2D eigenvalue weighted by molar-refractivity contribution is 7.12. The summed E-state index contributed by atoms with van der Waals surface area (Å²) in [7, 11) is 0. The van der Waals surface area contributed by atoms with Crippen molar-refractivity contribution in [1.29, 1.82) is 0 Å². The first-order chi connectivity index (χ1) is 10.3. The lowest BCUT2D eigenvalue weighted by Crippen LogP contribution is -2.16. The van der Waals surface area contributed by atoms with Gasteiger partial charge in [-0.2, -0.15) is 10.2 Å². The van der Waals surface area contributed by atoms with E-state index in [1.165, 1.54) is 11.3 Å². The van der Waals surface area contributed by atoms with E-state index >= 15 is 0 Å². The van der Waals surface area contributed by atoms with Gasteiger partial charge in [0.05, 0.1) is 23.0 Å². The molecule has 2 N–H and O–H groups in total. The number of amides is 1. The largest absolute Gasteiger partial charge is 0.281 e. The minimum absolute atomic E-state index is 0.217. The van der Waals surface area contributed by atoms with E-state index in [9.17, 15) is 4.79 Å². The van der Waals surface area contributed by atoms with Crippen LogP contribution in [-0.4, -0.2) is 22.3 Å². The molecule has 3 rings (SSSR count). The molecule has 1 amide bonds. The minimum Gasteiger partial charge on any atom is -0.277 e. The second-order valence-corrected chi connectivity index (χ2v) is 5.19. The molecule has 5 nitrogen and oxygen atoms in total. The summed E-state index contributed by atoms with van der Waals surface area (Å²) in [6, 6.07) is 13.4. The third kappa shape index (κ3) is 3.06. The second kappa shape index (κ2) is 6.15. The number of nitrogens with zero attached hydrogens (tertiary/aromatic N) is 2. The van der Waals surface area contributed by atoms with Gasteiger partial charge >= 0.3 is 0 Å². The van der Waals surface area contributed by atoms with Crippen LogP contribution in [-0.2, 0) is 0 Å². The van der Waals surface area contributed by atoms with Gasteiger partial charge in [-0.1, -0.05) is 36.4 Å². The Balaban J connectivity index is 1.73. The second-order valence-electron chi connectivity index (χ2n) is 4.24. The van der Waals surface area contributed by atoms with Gasteiger partial charge < -0.3 is 0 Å². The maximum atomic E-state index is 11.8. The molecule has 6 heteroatoms. The third-order valence-corrected chi connectivity index (χ3v) is 3.71. The van der Waals surface area contributed by atoms with Crippen LogP contribution in [0, 0.1) is 0 Å². The summed E-state index contributed by atoms with van der Waals surface area (Å²) in [5.74, 6) is -0.217. The number of aromatic amines is 1. The van der Waals surface area contributed by atoms with E-state index in [0.29, 0.717) is 4.88 Å². The van der Waals surface area contributed by atoms with Crippen LogP contribution < -0.4 is 5.43 Å². The van der Waals surface area contributed by atoms with Gasteiger partial charge in [-0.05, 0) is 11.4 Å². The van der Waals surface area contributed by atoms with Crippen molar-refractivity contribution in [3.63, 3.8) is 0 Å². The maximum Gasteiger partial charge on any atom is 0.281 e. The predicted molar refractivity (Wildman–Crippen MR) is 83.4 cm³/mol. The molecule has 0 saturated carbocycles. The lowest BCUT2D eigenvalue weighted by molar-refractivity contribution is 0.0959. The fourth-order valence-corrected chi connectivity index (χ4v) is 2.47. The van der Waals surface area contributed by atoms with Crippen molar-refractivity contribution in [1.82, 2.24) is 15.6 Å². The van der Waals surface area contributed by atoms with Crippen LogP contribution in [0.4, 0.5) is 0 Å². The minimum atomic E-state index is -0.217. The number of carbonyl (C=O) groups excluding carboxylic acids is 1. The average Bonchev–Trinajstić information content (AvgIpc) is 3.20. The third-order valence-electron chi connectivity index (χ3n) is 2.85. The van der Waals surface area contributed by atoms with E-state index in [0.717, 1.165) is 16.8 Å². The molecule has 0 unspecified atom stereocenters. The number of nitrogens with one attached hydrogen (secondary N) is 2. The maximum absolute atomic E-state index is 11.8. The molecule has 21 heavy (non-hydrogen) atoms. The molecule has 0 spiro atoms. The molecule has 2 aromatic heterocycles. The molecule has 0 fully saturated rings. The zero-order chi connectivity index (χ0) is 14.5. The van der Waals surface area contributed by atoms with Gasteiger partial charge in [0.25, 0.3) is 5.91 Å². The SMILES string of the molecule is O=C(N/N=C\c1cn[nH]c1-c1ccccc1)c1cccs1. The van der Waals surface area contributed by atoms with Crippen LogP contribution in [0.1, 0.15) is 15.2 Å². The Morgan fingerprint density at radius 1 is 1.24 bits per heavy atom. The fourth-order valence-electron chi connectivity index (χ4n) is 1.85. The van der Waals surface area contributed by atoms with Crippen LogP contribution >= 0.6 is 11.3 Å². The highest BCUT2D eigenvalue weighted by Crippen LogP contribution is 2.18. The Hall–Kier alpha value is -2.73. The molecule has 2 heterocycles.